The number of amides is 1. The van der Waals surface area contributed by atoms with Crippen LogP contribution in [0.2, 0.25) is 0 Å². The first-order valence-corrected chi connectivity index (χ1v) is 6.41. The molecule has 1 saturated heterocycles. The molecular formula is C13H18N2O2. The van der Waals surface area contributed by atoms with Crippen molar-refractivity contribution in [2.24, 2.45) is 0 Å². The molecule has 1 saturated carbocycles. The van der Waals surface area contributed by atoms with Gasteiger partial charge >= 0.3 is 0 Å². The lowest BCUT2D eigenvalue weighted by Gasteiger charge is -2.25. The van der Waals surface area contributed by atoms with Crippen LogP contribution in [0.4, 0.5) is 0 Å². The lowest BCUT2D eigenvalue weighted by Crippen LogP contribution is -2.42. The first kappa shape index (κ1) is 10.8. The van der Waals surface area contributed by atoms with Crippen LogP contribution in [-0.2, 0) is 0 Å². The lowest BCUT2D eigenvalue weighted by molar-refractivity contribution is 0.0728. The van der Waals surface area contributed by atoms with E-state index in [4.69, 9.17) is 4.42 Å². The van der Waals surface area contributed by atoms with E-state index in [1.807, 2.05) is 4.90 Å². The average molecular weight is 234 g/mol. The number of nitrogens with zero attached hydrogens (tertiary/aromatic N) is 1. The maximum absolute atomic E-state index is 12.3. The molecule has 0 unspecified atom stereocenters. The maximum atomic E-state index is 12.3. The van der Waals surface area contributed by atoms with Crippen molar-refractivity contribution < 1.29 is 9.21 Å². The summed E-state index contributed by atoms with van der Waals surface area (Å²) in [4.78, 5) is 14.3. The van der Waals surface area contributed by atoms with E-state index in [-0.39, 0.29) is 5.91 Å². The van der Waals surface area contributed by atoms with E-state index in [2.05, 4.69) is 5.32 Å². The molecule has 1 N–H and O–H groups in total. The zero-order valence-electron chi connectivity index (χ0n) is 9.89. The van der Waals surface area contributed by atoms with Gasteiger partial charge in [0.25, 0.3) is 5.91 Å². The minimum Gasteiger partial charge on any atom is -0.472 e. The highest BCUT2D eigenvalue weighted by Gasteiger charge is 2.35. The summed E-state index contributed by atoms with van der Waals surface area (Å²) in [6.45, 7) is 1.93. The summed E-state index contributed by atoms with van der Waals surface area (Å²) in [5.74, 6) is 0.120. The molecule has 2 aliphatic rings. The first-order valence-electron chi connectivity index (χ1n) is 6.41. The van der Waals surface area contributed by atoms with Crippen molar-refractivity contribution in [1.29, 1.82) is 0 Å². The van der Waals surface area contributed by atoms with Crippen LogP contribution in [0.3, 0.4) is 0 Å². The van der Waals surface area contributed by atoms with Crippen LogP contribution in [0.25, 0.3) is 0 Å². The SMILES string of the molecule is O=C(c1ccoc1)N(C[C@H]1CCCN1)C1CC1. The molecule has 1 amide bonds. The lowest BCUT2D eigenvalue weighted by atomic mass is 10.2. The Hall–Kier alpha value is -1.29. The molecular weight excluding hydrogens is 216 g/mol. The highest BCUT2D eigenvalue weighted by Crippen LogP contribution is 2.29. The standard InChI is InChI=1S/C13H18N2O2/c16-13(10-5-7-17-9-10)15(12-3-4-12)8-11-2-1-6-14-11/h5,7,9,11-12,14H,1-4,6,8H2/t11-/m1/s1. The number of nitrogens with one attached hydrogen (secondary N) is 1. The van der Waals surface area contributed by atoms with Crippen LogP contribution in [0.15, 0.2) is 23.0 Å². The molecule has 92 valence electrons. The number of hydrogen-bond acceptors (Lipinski definition) is 3. The molecule has 1 aliphatic heterocycles. The van der Waals surface area contributed by atoms with Crippen molar-refractivity contribution in [2.45, 2.75) is 37.8 Å². The molecule has 2 heterocycles. The third-order valence-corrected chi connectivity index (χ3v) is 3.60. The summed E-state index contributed by atoms with van der Waals surface area (Å²) < 4.78 is 4.99. The van der Waals surface area contributed by atoms with E-state index in [1.54, 1.807) is 18.6 Å². The molecule has 4 heteroatoms. The second kappa shape index (κ2) is 4.53. The van der Waals surface area contributed by atoms with E-state index in [0.717, 1.165) is 25.9 Å². The molecule has 1 aromatic heterocycles. The van der Waals surface area contributed by atoms with Crippen molar-refractivity contribution in [3.63, 3.8) is 0 Å². The van der Waals surface area contributed by atoms with Gasteiger partial charge in [-0.25, -0.2) is 0 Å². The predicted octanol–water partition coefficient (Wildman–Crippen LogP) is 1.64. The quantitative estimate of drug-likeness (QED) is 0.861. The van der Waals surface area contributed by atoms with Gasteiger partial charge in [-0.15, -0.1) is 0 Å². The fraction of sp³-hybridized carbons (Fsp3) is 0.615. The number of rotatable bonds is 4. The van der Waals surface area contributed by atoms with Crippen LogP contribution in [0.5, 0.6) is 0 Å². The fourth-order valence-corrected chi connectivity index (χ4v) is 2.49. The normalized spacial score (nSPS) is 23.9. The van der Waals surface area contributed by atoms with E-state index >= 15 is 0 Å². The third-order valence-electron chi connectivity index (χ3n) is 3.60. The Morgan fingerprint density at radius 2 is 2.35 bits per heavy atom. The van der Waals surface area contributed by atoms with Crippen molar-refractivity contribution in [2.75, 3.05) is 13.1 Å². The molecule has 0 aromatic carbocycles. The minimum absolute atomic E-state index is 0.120. The zero-order valence-corrected chi connectivity index (χ0v) is 9.89. The Labute approximate surface area is 101 Å². The highest BCUT2D eigenvalue weighted by atomic mass is 16.3. The van der Waals surface area contributed by atoms with Crippen LogP contribution in [0.1, 0.15) is 36.0 Å². The largest absolute Gasteiger partial charge is 0.472 e. The highest BCUT2D eigenvalue weighted by molar-refractivity contribution is 5.94. The van der Waals surface area contributed by atoms with E-state index in [1.165, 1.54) is 12.8 Å². The summed E-state index contributed by atoms with van der Waals surface area (Å²) in [6, 6.07) is 2.69. The summed E-state index contributed by atoms with van der Waals surface area (Å²) in [5.41, 5.74) is 0.676. The van der Waals surface area contributed by atoms with Gasteiger partial charge in [-0.3, -0.25) is 4.79 Å². The summed E-state index contributed by atoms with van der Waals surface area (Å²) in [5, 5.41) is 3.45. The molecule has 0 radical (unpaired) electrons. The number of furan rings is 1. The summed E-state index contributed by atoms with van der Waals surface area (Å²) in [7, 11) is 0. The fourth-order valence-electron chi connectivity index (χ4n) is 2.49. The van der Waals surface area contributed by atoms with Crippen molar-refractivity contribution in [3.05, 3.63) is 24.2 Å². The zero-order chi connectivity index (χ0) is 11.7. The van der Waals surface area contributed by atoms with Gasteiger partial charge in [0.05, 0.1) is 11.8 Å². The van der Waals surface area contributed by atoms with Gasteiger partial charge in [0, 0.05) is 18.6 Å². The Kier molecular flexibility index (Phi) is 2.89. The maximum Gasteiger partial charge on any atom is 0.257 e. The van der Waals surface area contributed by atoms with Gasteiger partial charge in [0.15, 0.2) is 0 Å². The van der Waals surface area contributed by atoms with E-state index < -0.39 is 0 Å². The van der Waals surface area contributed by atoms with Crippen LogP contribution in [-0.4, -0.2) is 36.0 Å². The van der Waals surface area contributed by atoms with Crippen molar-refractivity contribution >= 4 is 5.91 Å². The second-order valence-corrected chi connectivity index (χ2v) is 4.99. The van der Waals surface area contributed by atoms with Crippen molar-refractivity contribution in [1.82, 2.24) is 10.2 Å². The topological polar surface area (TPSA) is 45.5 Å². The van der Waals surface area contributed by atoms with Crippen LogP contribution < -0.4 is 5.32 Å². The molecule has 0 spiro atoms. The van der Waals surface area contributed by atoms with Crippen LogP contribution >= 0.6 is 0 Å². The first-order chi connectivity index (χ1) is 8.34. The number of carbonyl (C=O) groups is 1. The molecule has 3 rings (SSSR count). The van der Waals surface area contributed by atoms with Gasteiger partial charge in [-0.05, 0) is 38.3 Å². The van der Waals surface area contributed by atoms with E-state index in [9.17, 15) is 4.79 Å². The monoisotopic (exact) mass is 234 g/mol. The van der Waals surface area contributed by atoms with Gasteiger partial charge in [-0.1, -0.05) is 0 Å². The Balaban J connectivity index is 1.69. The Morgan fingerprint density at radius 1 is 1.47 bits per heavy atom. The molecule has 2 fully saturated rings. The second-order valence-electron chi connectivity index (χ2n) is 4.99. The molecule has 1 aliphatic carbocycles. The smallest absolute Gasteiger partial charge is 0.257 e. The molecule has 4 nitrogen and oxygen atoms in total. The minimum atomic E-state index is 0.120. The van der Waals surface area contributed by atoms with E-state index in [0.29, 0.717) is 17.6 Å². The third kappa shape index (κ3) is 2.36. The van der Waals surface area contributed by atoms with Crippen molar-refractivity contribution in [3.8, 4) is 0 Å². The van der Waals surface area contributed by atoms with Gasteiger partial charge < -0.3 is 14.6 Å². The average Bonchev–Trinajstić information content (AvgIpc) is 2.86. The van der Waals surface area contributed by atoms with Crippen LogP contribution in [0, 0.1) is 0 Å². The Morgan fingerprint density at radius 3 is 2.94 bits per heavy atom. The Bertz CT molecular complexity index is 378. The summed E-state index contributed by atoms with van der Waals surface area (Å²) >= 11 is 0. The van der Waals surface area contributed by atoms with Gasteiger partial charge in [-0.2, -0.15) is 0 Å². The number of carbonyl (C=O) groups excluding carboxylic acids is 1. The number of hydrogen-bond donors (Lipinski definition) is 1. The molecule has 1 aromatic rings. The van der Waals surface area contributed by atoms with Gasteiger partial charge in [0.2, 0.25) is 0 Å². The van der Waals surface area contributed by atoms with Gasteiger partial charge in [0.1, 0.15) is 6.26 Å². The molecule has 0 bridgehead atoms. The molecule has 17 heavy (non-hydrogen) atoms. The molecule has 1 atom stereocenters. The summed E-state index contributed by atoms with van der Waals surface area (Å²) in [6.07, 6.45) is 7.81. The predicted molar refractivity (Wildman–Crippen MR) is 63.8 cm³/mol.